The molecule has 3 heteroatoms. The quantitative estimate of drug-likeness (QED) is 0.705. The topological polar surface area (TPSA) is 21.7 Å². The molecule has 0 saturated carbocycles. The molecule has 2 aliphatic heterocycles. The van der Waals surface area contributed by atoms with Gasteiger partial charge in [0.15, 0.2) is 0 Å². The van der Waals surface area contributed by atoms with E-state index in [2.05, 4.69) is 31.7 Å². The molecular formula is C14H25NO2. The number of hydrogen-bond donors (Lipinski definition) is 0. The van der Waals surface area contributed by atoms with Crippen LogP contribution in [0.1, 0.15) is 33.6 Å². The van der Waals surface area contributed by atoms with E-state index in [4.69, 9.17) is 9.47 Å². The number of ether oxygens (including phenoxy) is 2. The number of allylic oxidation sites excluding steroid dienone is 1. The SMILES string of the molecule is CC[C@H]1CN(CC=C(C)C)C[C@]2(CCOC2)O1. The first-order valence-electron chi connectivity index (χ1n) is 6.75. The maximum Gasteiger partial charge on any atom is 0.107 e. The minimum absolute atomic E-state index is 0.0194. The summed E-state index contributed by atoms with van der Waals surface area (Å²) >= 11 is 0. The van der Waals surface area contributed by atoms with Crippen molar-refractivity contribution in [3.63, 3.8) is 0 Å². The second-order valence-electron chi connectivity index (χ2n) is 5.61. The van der Waals surface area contributed by atoms with Crippen molar-refractivity contribution in [1.82, 2.24) is 4.90 Å². The molecule has 2 saturated heterocycles. The van der Waals surface area contributed by atoms with E-state index < -0.39 is 0 Å². The molecule has 2 fully saturated rings. The van der Waals surface area contributed by atoms with Crippen LogP contribution in [0.3, 0.4) is 0 Å². The lowest BCUT2D eigenvalue weighted by Gasteiger charge is -2.43. The molecule has 0 amide bonds. The van der Waals surface area contributed by atoms with Crippen LogP contribution in [-0.4, -0.2) is 49.5 Å². The van der Waals surface area contributed by atoms with E-state index in [0.717, 1.165) is 45.7 Å². The van der Waals surface area contributed by atoms with Gasteiger partial charge in [0, 0.05) is 32.7 Å². The van der Waals surface area contributed by atoms with Crippen molar-refractivity contribution in [2.24, 2.45) is 0 Å². The first-order valence-corrected chi connectivity index (χ1v) is 6.75. The Morgan fingerprint density at radius 3 is 2.88 bits per heavy atom. The summed E-state index contributed by atoms with van der Waals surface area (Å²) in [5.41, 5.74) is 1.37. The third-order valence-electron chi connectivity index (χ3n) is 3.67. The van der Waals surface area contributed by atoms with Crippen LogP contribution in [0.2, 0.25) is 0 Å². The average molecular weight is 239 g/mol. The number of rotatable bonds is 3. The second kappa shape index (κ2) is 5.51. The minimum atomic E-state index is -0.0194. The molecule has 2 atom stereocenters. The van der Waals surface area contributed by atoms with E-state index in [1.54, 1.807) is 0 Å². The molecule has 1 spiro atoms. The van der Waals surface area contributed by atoms with Gasteiger partial charge in [-0.05, 0) is 20.3 Å². The summed E-state index contributed by atoms with van der Waals surface area (Å²) < 4.78 is 11.8. The summed E-state index contributed by atoms with van der Waals surface area (Å²) in [6.07, 6.45) is 4.82. The van der Waals surface area contributed by atoms with Gasteiger partial charge in [0.05, 0.1) is 12.7 Å². The first kappa shape index (κ1) is 13.1. The van der Waals surface area contributed by atoms with Gasteiger partial charge in [-0.3, -0.25) is 4.90 Å². The zero-order chi connectivity index (χ0) is 12.3. The summed E-state index contributed by atoms with van der Waals surface area (Å²) in [5.74, 6) is 0. The Kier molecular flexibility index (Phi) is 4.23. The molecule has 0 radical (unpaired) electrons. The van der Waals surface area contributed by atoms with Crippen LogP contribution in [0.25, 0.3) is 0 Å². The summed E-state index contributed by atoms with van der Waals surface area (Å²) in [6.45, 7) is 11.3. The molecule has 17 heavy (non-hydrogen) atoms. The standard InChI is InChI=1S/C14H25NO2/c1-4-13-9-15(7-5-12(2)3)10-14(17-13)6-8-16-11-14/h5,13H,4,6-11H2,1-3H3/t13-,14-/m0/s1. The molecule has 98 valence electrons. The third kappa shape index (κ3) is 3.30. The van der Waals surface area contributed by atoms with E-state index in [1.807, 2.05) is 0 Å². The van der Waals surface area contributed by atoms with Crippen molar-refractivity contribution in [3.05, 3.63) is 11.6 Å². The highest BCUT2D eigenvalue weighted by Crippen LogP contribution is 2.30. The summed E-state index contributed by atoms with van der Waals surface area (Å²) in [7, 11) is 0. The van der Waals surface area contributed by atoms with Gasteiger partial charge >= 0.3 is 0 Å². The maximum absolute atomic E-state index is 6.23. The van der Waals surface area contributed by atoms with Crippen LogP contribution >= 0.6 is 0 Å². The Hall–Kier alpha value is -0.380. The lowest BCUT2D eigenvalue weighted by molar-refractivity contribution is -0.152. The molecule has 0 aliphatic carbocycles. The Labute approximate surface area is 105 Å². The highest BCUT2D eigenvalue weighted by atomic mass is 16.6. The van der Waals surface area contributed by atoms with Gasteiger partial charge in [0.25, 0.3) is 0 Å². The zero-order valence-corrected chi connectivity index (χ0v) is 11.4. The molecule has 0 aromatic heterocycles. The van der Waals surface area contributed by atoms with E-state index in [-0.39, 0.29) is 5.60 Å². The fourth-order valence-corrected chi connectivity index (χ4v) is 2.66. The summed E-state index contributed by atoms with van der Waals surface area (Å²) in [6, 6.07) is 0. The van der Waals surface area contributed by atoms with E-state index in [1.165, 1.54) is 5.57 Å². The lowest BCUT2D eigenvalue weighted by Crippen LogP contribution is -2.55. The Morgan fingerprint density at radius 2 is 2.29 bits per heavy atom. The molecule has 2 aliphatic rings. The lowest BCUT2D eigenvalue weighted by atomic mass is 9.98. The smallest absolute Gasteiger partial charge is 0.107 e. The van der Waals surface area contributed by atoms with E-state index in [0.29, 0.717) is 6.10 Å². The predicted octanol–water partition coefficient (Wildman–Crippen LogP) is 2.22. The molecule has 0 aromatic carbocycles. The average Bonchev–Trinajstić information content (AvgIpc) is 2.73. The van der Waals surface area contributed by atoms with E-state index >= 15 is 0 Å². The monoisotopic (exact) mass is 239 g/mol. The largest absolute Gasteiger partial charge is 0.378 e. The number of morpholine rings is 1. The molecule has 2 rings (SSSR count). The maximum atomic E-state index is 6.23. The van der Waals surface area contributed by atoms with Crippen molar-refractivity contribution in [1.29, 1.82) is 0 Å². The normalized spacial score (nSPS) is 34.2. The first-order chi connectivity index (χ1) is 8.13. The van der Waals surface area contributed by atoms with Crippen molar-refractivity contribution in [3.8, 4) is 0 Å². The Bertz CT molecular complexity index is 278. The van der Waals surface area contributed by atoms with Crippen LogP contribution < -0.4 is 0 Å². The zero-order valence-electron chi connectivity index (χ0n) is 11.4. The molecule has 0 aromatic rings. The highest BCUT2D eigenvalue weighted by molar-refractivity contribution is 4.99. The molecule has 3 nitrogen and oxygen atoms in total. The Balaban J connectivity index is 1.99. The molecule has 0 unspecified atom stereocenters. The van der Waals surface area contributed by atoms with Crippen molar-refractivity contribution >= 4 is 0 Å². The summed E-state index contributed by atoms with van der Waals surface area (Å²) in [5, 5.41) is 0. The van der Waals surface area contributed by atoms with Gasteiger partial charge in [0.1, 0.15) is 5.60 Å². The van der Waals surface area contributed by atoms with Gasteiger partial charge < -0.3 is 9.47 Å². The third-order valence-corrected chi connectivity index (χ3v) is 3.67. The van der Waals surface area contributed by atoms with Crippen molar-refractivity contribution < 1.29 is 9.47 Å². The van der Waals surface area contributed by atoms with Crippen LogP contribution in [0.15, 0.2) is 11.6 Å². The summed E-state index contributed by atoms with van der Waals surface area (Å²) in [4.78, 5) is 2.51. The van der Waals surface area contributed by atoms with Crippen LogP contribution in [0.4, 0.5) is 0 Å². The molecular weight excluding hydrogens is 214 g/mol. The van der Waals surface area contributed by atoms with Crippen LogP contribution in [0, 0.1) is 0 Å². The Morgan fingerprint density at radius 1 is 1.47 bits per heavy atom. The van der Waals surface area contributed by atoms with Crippen molar-refractivity contribution in [2.45, 2.75) is 45.3 Å². The van der Waals surface area contributed by atoms with Gasteiger partial charge in [-0.15, -0.1) is 0 Å². The number of hydrogen-bond acceptors (Lipinski definition) is 3. The fourth-order valence-electron chi connectivity index (χ4n) is 2.66. The molecule has 0 N–H and O–H groups in total. The highest BCUT2D eigenvalue weighted by Gasteiger charge is 2.42. The van der Waals surface area contributed by atoms with Gasteiger partial charge in [0.2, 0.25) is 0 Å². The van der Waals surface area contributed by atoms with Crippen molar-refractivity contribution in [2.75, 3.05) is 32.8 Å². The van der Waals surface area contributed by atoms with Gasteiger partial charge in [-0.1, -0.05) is 18.6 Å². The van der Waals surface area contributed by atoms with Gasteiger partial charge in [-0.25, -0.2) is 0 Å². The molecule has 2 heterocycles. The van der Waals surface area contributed by atoms with E-state index in [9.17, 15) is 0 Å². The number of nitrogens with zero attached hydrogens (tertiary/aromatic N) is 1. The van der Waals surface area contributed by atoms with Crippen LogP contribution in [0.5, 0.6) is 0 Å². The molecule has 0 bridgehead atoms. The fraction of sp³-hybridized carbons (Fsp3) is 0.857. The minimum Gasteiger partial charge on any atom is -0.378 e. The van der Waals surface area contributed by atoms with Gasteiger partial charge in [-0.2, -0.15) is 0 Å². The van der Waals surface area contributed by atoms with Crippen LogP contribution in [-0.2, 0) is 9.47 Å². The second-order valence-corrected chi connectivity index (χ2v) is 5.61. The predicted molar refractivity (Wildman–Crippen MR) is 69.2 cm³/mol.